The van der Waals surface area contributed by atoms with Crippen molar-refractivity contribution >= 4 is 12.1 Å². The Kier molecular flexibility index (Phi) is 4.98. The lowest BCUT2D eigenvalue weighted by atomic mass is 10.2. The normalized spacial score (nSPS) is 10.6. The predicted molar refractivity (Wildman–Crippen MR) is 74.0 cm³/mol. The molecule has 108 valence electrons. The fourth-order valence-corrected chi connectivity index (χ4v) is 1.47. The third-order valence-electron chi connectivity index (χ3n) is 2.47. The Hall–Kier alpha value is -2.76. The Balaban J connectivity index is 1.80. The van der Waals surface area contributed by atoms with E-state index in [-0.39, 0.29) is 18.2 Å². The van der Waals surface area contributed by atoms with E-state index in [4.69, 9.17) is 4.74 Å². The van der Waals surface area contributed by atoms with Crippen LogP contribution in [0.3, 0.4) is 0 Å². The van der Waals surface area contributed by atoms with Gasteiger partial charge in [-0.1, -0.05) is 24.3 Å². The maximum Gasteiger partial charge on any atom is 0.277 e. The number of hydrogen-bond acceptors (Lipinski definition) is 3. The molecule has 2 aromatic carbocycles. The van der Waals surface area contributed by atoms with Gasteiger partial charge in [0, 0.05) is 0 Å². The monoisotopic (exact) mass is 290 g/mol. The zero-order valence-electron chi connectivity index (χ0n) is 10.9. The molecular weight excluding hydrogens is 278 g/mol. The van der Waals surface area contributed by atoms with Gasteiger partial charge in [0.25, 0.3) is 5.91 Å². The highest BCUT2D eigenvalue weighted by atomic mass is 19.1. The molecule has 4 nitrogen and oxygen atoms in total. The summed E-state index contributed by atoms with van der Waals surface area (Å²) in [6.45, 7) is -0.359. The van der Waals surface area contributed by atoms with Gasteiger partial charge in [0.15, 0.2) is 18.2 Å². The molecule has 0 aliphatic heterocycles. The minimum atomic E-state index is -0.542. The summed E-state index contributed by atoms with van der Waals surface area (Å²) in [7, 11) is 0. The van der Waals surface area contributed by atoms with E-state index in [0.717, 1.165) is 0 Å². The first-order valence-corrected chi connectivity index (χ1v) is 6.10. The predicted octanol–water partition coefficient (Wildman–Crippen LogP) is 2.49. The number of carbonyl (C=O) groups is 1. The van der Waals surface area contributed by atoms with Crippen LogP contribution in [0.15, 0.2) is 53.6 Å². The molecule has 0 radical (unpaired) electrons. The van der Waals surface area contributed by atoms with Crippen LogP contribution in [0.4, 0.5) is 8.78 Å². The molecule has 2 aromatic rings. The van der Waals surface area contributed by atoms with Gasteiger partial charge in [-0.3, -0.25) is 4.79 Å². The van der Waals surface area contributed by atoms with Gasteiger partial charge in [0.05, 0.1) is 6.21 Å². The van der Waals surface area contributed by atoms with Gasteiger partial charge in [-0.25, -0.2) is 14.2 Å². The topological polar surface area (TPSA) is 50.7 Å². The highest BCUT2D eigenvalue weighted by Crippen LogP contribution is 2.14. The summed E-state index contributed by atoms with van der Waals surface area (Å²) in [5, 5.41) is 3.69. The summed E-state index contributed by atoms with van der Waals surface area (Å²) in [6, 6.07) is 11.4. The van der Waals surface area contributed by atoms with Crippen molar-refractivity contribution in [1.82, 2.24) is 5.43 Å². The second-order valence-corrected chi connectivity index (χ2v) is 4.06. The summed E-state index contributed by atoms with van der Waals surface area (Å²) in [4.78, 5) is 11.4. The molecule has 0 bridgehead atoms. The standard InChI is InChI=1S/C15H12F2N2O2/c16-12-7-5-11(6-8-12)9-18-19-15(20)10-21-14-4-2-1-3-13(14)17/h1-9H,10H2,(H,19,20)/b18-9-. The fourth-order valence-electron chi connectivity index (χ4n) is 1.47. The van der Waals surface area contributed by atoms with Crippen LogP contribution >= 0.6 is 0 Å². The van der Waals surface area contributed by atoms with Gasteiger partial charge >= 0.3 is 0 Å². The minimum Gasteiger partial charge on any atom is -0.481 e. The number of ether oxygens (including phenoxy) is 1. The van der Waals surface area contributed by atoms with E-state index in [2.05, 4.69) is 10.5 Å². The average molecular weight is 290 g/mol. The van der Waals surface area contributed by atoms with Gasteiger partial charge in [-0.05, 0) is 29.8 Å². The lowest BCUT2D eigenvalue weighted by molar-refractivity contribution is -0.123. The van der Waals surface area contributed by atoms with Crippen LogP contribution in [0, 0.1) is 11.6 Å². The smallest absolute Gasteiger partial charge is 0.277 e. The van der Waals surface area contributed by atoms with E-state index >= 15 is 0 Å². The first-order valence-electron chi connectivity index (χ1n) is 6.10. The summed E-state index contributed by atoms with van der Waals surface area (Å²) >= 11 is 0. The van der Waals surface area contributed by atoms with Gasteiger partial charge in [-0.15, -0.1) is 0 Å². The van der Waals surface area contributed by atoms with Crippen molar-refractivity contribution in [3.05, 3.63) is 65.7 Å². The summed E-state index contributed by atoms with van der Waals surface area (Å²) in [5.41, 5.74) is 2.86. The van der Waals surface area contributed by atoms with Gasteiger partial charge in [-0.2, -0.15) is 5.10 Å². The highest BCUT2D eigenvalue weighted by Gasteiger charge is 2.05. The molecule has 0 unspecified atom stereocenters. The number of hydrogen-bond donors (Lipinski definition) is 1. The zero-order chi connectivity index (χ0) is 15.1. The molecule has 0 fully saturated rings. The Labute approximate surface area is 120 Å². The Morgan fingerprint density at radius 3 is 2.57 bits per heavy atom. The molecule has 1 N–H and O–H groups in total. The molecular formula is C15H12F2N2O2. The van der Waals surface area contributed by atoms with Crippen LogP contribution in [0.2, 0.25) is 0 Å². The average Bonchev–Trinajstić information content (AvgIpc) is 2.48. The number of amides is 1. The Morgan fingerprint density at radius 2 is 1.86 bits per heavy atom. The zero-order valence-corrected chi connectivity index (χ0v) is 10.9. The van der Waals surface area contributed by atoms with Crippen molar-refractivity contribution < 1.29 is 18.3 Å². The lowest BCUT2D eigenvalue weighted by Crippen LogP contribution is -2.24. The van der Waals surface area contributed by atoms with Crippen molar-refractivity contribution in [3.63, 3.8) is 0 Å². The van der Waals surface area contributed by atoms with E-state index in [9.17, 15) is 13.6 Å². The van der Waals surface area contributed by atoms with E-state index in [1.807, 2.05) is 0 Å². The van der Waals surface area contributed by atoms with E-state index in [0.29, 0.717) is 5.56 Å². The minimum absolute atomic E-state index is 0.00448. The third-order valence-corrected chi connectivity index (χ3v) is 2.47. The number of hydrazone groups is 1. The molecule has 0 aliphatic rings. The first kappa shape index (κ1) is 14.6. The molecule has 1 amide bonds. The third kappa shape index (κ3) is 4.68. The molecule has 0 aliphatic carbocycles. The second-order valence-electron chi connectivity index (χ2n) is 4.06. The number of para-hydroxylation sites is 1. The molecule has 21 heavy (non-hydrogen) atoms. The fraction of sp³-hybridized carbons (Fsp3) is 0.0667. The molecule has 0 heterocycles. The summed E-state index contributed by atoms with van der Waals surface area (Å²) in [5.74, 6) is -1.43. The first-order chi connectivity index (χ1) is 10.1. The highest BCUT2D eigenvalue weighted by molar-refractivity contribution is 5.82. The Morgan fingerprint density at radius 1 is 1.14 bits per heavy atom. The maximum atomic E-state index is 13.2. The van der Waals surface area contributed by atoms with Gasteiger partial charge in [0.2, 0.25) is 0 Å². The van der Waals surface area contributed by atoms with Crippen LogP contribution in [-0.2, 0) is 4.79 Å². The number of nitrogens with one attached hydrogen (secondary N) is 1. The SMILES string of the molecule is O=C(COc1ccccc1F)N/N=C\c1ccc(F)cc1. The quantitative estimate of drug-likeness (QED) is 0.679. The number of rotatable bonds is 5. The number of halogens is 2. The second kappa shape index (κ2) is 7.14. The molecule has 0 saturated carbocycles. The molecule has 0 spiro atoms. The van der Waals surface area contributed by atoms with Crippen molar-refractivity contribution in [2.45, 2.75) is 0 Å². The molecule has 0 saturated heterocycles. The van der Waals surface area contributed by atoms with E-state index < -0.39 is 11.7 Å². The van der Waals surface area contributed by atoms with E-state index in [1.54, 1.807) is 6.07 Å². The van der Waals surface area contributed by atoms with Crippen LogP contribution in [0.25, 0.3) is 0 Å². The number of benzene rings is 2. The largest absolute Gasteiger partial charge is 0.481 e. The van der Waals surface area contributed by atoms with Crippen molar-refractivity contribution in [3.8, 4) is 5.75 Å². The van der Waals surface area contributed by atoms with Gasteiger partial charge < -0.3 is 4.74 Å². The van der Waals surface area contributed by atoms with Crippen LogP contribution in [0.1, 0.15) is 5.56 Å². The summed E-state index contributed by atoms with van der Waals surface area (Å²) < 4.78 is 30.9. The molecule has 2 rings (SSSR count). The maximum absolute atomic E-state index is 13.2. The molecule has 6 heteroatoms. The van der Waals surface area contributed by atoms with Crippen molar-refractivity contribution in [2.75, 3.05) is 6.61 Å². The van der Waals surface area contributed by atoms with Crippen molar-refractivity contribution in [2.24, 2.45) is 5.10 Å². The van der Waals surface area contributed by atoms with Crippen LogP contribution in [-0.4, -0.2) is 18.7 Å². The number of nitrogens with zero attached hydrogens (tertiary/aromatic N) is 1. The van der Waals surface area contributed by atoms with Gasteiger partial charge in [0.1, 0.15) is 5.82 Å². The van der Waals surface area contributed by atoms with Crippen LogP contribution < -0.4 is 10.2 Å². The van der Waals surface area contributed by atoms with Crippen molar-refractivity contribution in [1.29, 1.82) is 0 Å². The lowest BCUT2D eigenvalue weighted by Gasteiger charge is -2.05. The summed E-state index contributed by atoms with van der Waals surface area (Å²) in [6.07, 6.45) is 1.36. The van der Waals surface area contributed by atoms with E-state index in [1.165, 1.54) is 48.7 Å². The Bertz CT molecular complexity index is 642. The van der Waals surface area contributed by atoms with Crippen LogP contribution in [0.5, 0.6) is 5.75 Å². The number of carbonyl (C=O) groups excluding carboxylic acids is 1. The molecule has 0 aromatic heterocycles. The molecule has 0 atom stereocenters.